The summed E-state index contributed by atoms with van der Waals surface area (Å²) in [4.78, 5) is 274. The van der Waals surface area contributed by atoms with Crippen LogP contribution in [0.4, 0.5) is 0 Å². The Balaban J connectivity index is 1.61. The van der Waals surface area contributed by atoms with E-state index >= 15 is 4.79 Å². The molecule has 836 valence electrons. The summed E-state index contributed by atoms with van der Waals surface area (Å²) in [6, 6.07) is -4.58. The molecule has 49 nitrogen and oxygen atoms in total. The zero-order valence-corrected chi connectivity index (χ0v) is 87.6. The summed E-state index contributed by atoms with van der Waals surface area (Å²) >= 11 is 1.34. The highest BCUT2D eigenvalue weighted by Crippen LogP contribution is 2.25. The molecule has 2 aliphatic heterocycles. The molecule has 0 unspecified atom stereocenters. The monoisotopic (exact) mass is 2120 g/mol. The minimum absolute atomic E-state index is 0.00728. The Labute approximate surface area is 877 Å². The van der Waals surface area contributed by atoms with Crippen LogP contribution in [0.15, 0.2) is 60.7 Å². The lowest BCUT2D eigenvalue weighted by atomic mass is 10.0. The van der Waals surface area contributed by atoms with E-state index in [2.05, 4.69) is 79.8 Å². The first-order valence-corrected chi connectivity index (χ1v) is 53.7. The molecular weight excluding hydrogens is 1950 g/mol. The number of amides is 19. The molecule has 2 aromatic carbocycles. The van der Waals surface area contributed by atoms with Crippen LogP contribution in [-0.4, -0.2) is 309 Å². The zero-order valence-electron chi connectivity index (χ0n) is 86.8. The third-order valence-electron chi connectivity index (χ3n) is 25.6. The van der Waals surface area contributed by atoms with Crippen molar-refractivity contribution in [3.05, 3.63) is 71.8 Å². The number of thioether (sulfide) groups is 1. The normalized spacial score (nSPS) is 16.1. The van der Waals surface area contributed by atoms with Gasteiger partial charge in [-0.3, -0.25) is 96.5 Å². The molecular formula is C99H170N30O19S. The number of carbonyl (C=O) groups excluding carboxylic acids is 19. The van der Waals surface area contributed by atoms with Crippen molar-refractivity contribution in [3.8, 4) is 0 Å². The highest BCUT2D eigenvalue weighted by atomic mass is 32.2. The molecule has 2 aromatic rings. The number of hydrogen-bond donors (Lipinski definition) is 28. The van der Waals surface area contributed by atoms with Crippen LogP contribution < -0.4 is 149 Å². The number of benzene rings is 2. The van der Waals surface area contributed by atoms with Crippen LogP contribution in [-0.2, 0) is 104 Å². The average Bonchev–Trinajstić information content (AvgIpc) is 1.69. The van der Waals surface area contributed by atoms with E-state index in [0.717, 1.165) is 0 Å². The highest BCUT2D eigenvalue weighted by Gasteiger charge is 2.44. The van der Waals surface area contributed by atoms with E-state index in [-0.39, 0.29) is 173 Å². The third kappa shape index (κ3) is 49.8. The Morgan fingerprint density at radius 3 is 0.987 bits per heavy atom. The van der Waals surface area contributed by atoms with E-state index in [1.807, 2.05) is 0 Å². The second kappa shape index (κ2) is 72.9. The van der Waals surface area contributed by atoms with Crippen LogP contribution in [0.3, 0.4) is 0 Å². The molecule has 0 aromatic heterocycles. The van der Waals surface area contributed by atoms with Crippen LogP contribution in [0.5, 0.6) is 0 Å². The Morgan fingerprint density at radius 1 is 0.342 bits per heavy atom. The summed E-state index contributed by atoms with van der Waals surface area (Å²) in [5.41, 5.74) is 70.5. The summed E-state index contributed by atoms with van der Waals surface area (Å²) in [7, 11) is 0. The van der Waals surface area contributed by atoms with Gasteiger partial charge in [0.25, 0.3) is 0 Å². The maximum atomic E-state index is 15.1. The number of likely N-dealkylation sites (tertiary alicyclic amines) is 2. The number of nitrogens with one attached hydrogen (secondary N) is 16. The highest BCUT2D eigenvalue weighted by molar-refractivity contribution is 7.98. The minimum atomic E-state index is -1.72. The molecule has 50 heteroatoms. The number of unbranched alkanes of at least 4 members (excludes halogenated alkanes) is 7. The van der Waals surface area contributed by atoms with Crippen molar-refractivity contribution in [1.29, 1.82) is 5.41 Å². The standard InChI is InChI=1S/C99H170N30O19S/c1-61(2)57-75(93(143)123-73(45-56-149-3)92(142)121-70(37-15-22-51-105)89(139)120-69(36-14-21-50-104)88(138)119-68(35-13-20-49-103)87(137)118-67(34-12-19-48-102)86(136)117-66(33-11-18-47-101)85(135)116-65(83(110)133)32-10-17-46-100)115-82(132)60-114-84(134)76(58-62-27-6-4-7-28-62)126-94(144)77(59-63-29-8-5-9-30-63)127-91(141)71(41-43-80(108)130)122-90(140)72(42-44-81(109)131)124-95(145)79-40-26-55-129(79)98(148)74(38-16-23-52-106)125-96(146)78-39-25-54-128(78)97(147)64(107)31-24-53-113-99(111)112/h4-9,27-30,61,64-79H,10-26,31-60,100-107H2,1-3H3,(H2,108,130)(H2,109,131)(H2,110,133)(H,114,134)(H,115,132)(H,116,135)(H,117,136)(H,118,137)(H,119,138)(H,120,139)(H,121,142)(H,122,140)(H,123,143)(H,124,145)(H,125,146)(H,126,144)(H,127,141)(H4,111,112,113)/t64-,65-,66-,67-,68-,69-,70-,71-,72-,73-,74-,75-,76-,77-,78-,79-/m0/s1. The summed E-state index contributed by atoms with van der Waals surface area (Å²) < 4.78 is 0. The van der Waals surface area contributed by atoms with Gasteiger partial charge in [0.2, 0.25) is 112 Å². The molecule has 0 saturated carbocycles. The second-order valence-corrected chi connectivity index (χ2v) is 39.2. The molecule has 2 aliphatic rings. The predicted molar refractivity (Wildman–Crippen MR) is 564 cm³/mol. The van der Waals surface area contributed by atoms with Gasteiger partial charge >= 0.3 is 0 Å². The van der Waals surface area contributed by atoms with Gasteiger partial charge in [-0.1, -0.05) is 74.5 Å². The largest absolute Gasteiger partial charge is 0.370 e. The maximum absolute atomic E-state index is 15.1. The lowest BCUT2D eigenvalue weighted by Crippen LogP contribution is -2.60. The molecule has 0 radical (unpaired) electrons. The van der Waals surface area contributed by atoms with Crippen LogP contribution in [0.25, 0.3) is 0 Å². The Bertz CT molecular complexity index is 4560. The quantitative estimate of drug-likeness (QED) is 0.0167. The number of primary amides is 3. The van der Waals surface area contributed by atoms with Crippen molar-refractivity contribution in [3.63, 3.8) is 0 Å². The number of rotatable bonds is 78. The molecule has 19 amide bonds. The van der Waals surface area contributed by atoms with Crippen molar-refractivity contribution in [2.75, 3.05) is 84.0 Å². The fraction of sp³-hybridized carbons (Fsp3) is 0.677. The van der Waals surface area contributed by atoms with Crippen molar-refractivity contribution < 1.29 is 91.1 Å². The van der Waals surface area contributed by atoms with Crippen LogP contribution in [0.2, 0.25) is 0 Å². The van der Waals surface area contributed by atoms with E-state index in [0.29, 0.717) is 120 Å². The first-order chi connectivity index (χ1) is 71.3. The maximum Gasteiger partial charge on any atom is 0.245 e. The summed E-state index contributed by atoms with van der Waals surface area (Å²) in [6.07, 6.45) is 7.11. The van der Waals surface area contributed by atoms with Crippen molar-refractivity contribution in [2.45, 2.75) is 335 Å². The Hall–Kier alpha value is -12.3. The fourth-order valence-electron chi connectivity index (χ4n) is 17.3. The molecule has 4 rings (SSSR count). The molecule has 0 aliphatic carbocycles. The topological polar surface area (TPSA) is 847 Å². The number of nitrogens with two attached hydrogens (primary N) is 12. The molecule has 149 heavy (non-hydrogen) atoms. The molecule has 2 saturated heterocycles. The van der Waals surface area contributed by atoms with E-state index < -0.39 is 241 Å². The smallest absolute Gasteiger partial charge is 0.245 e. The van der Waals surface area contributed by atoms with E-state index in [4.69, 9.17) is 74.2 Å². The lowest BCUT2D eigenvalue weighted by Gasteiger charge is -2.32. The van der Waals surface area contributed by atoms with Crippen molar-refractivity contribution in [1.82, 2.24) is 89.6 Å². The Kier molecular flexibility index (Phi) is 63.1. The molecule has 0 bridgehead atoms. The van der Waals surface area contributed by atoms with Gasteiger partial charge in [0.15, 0.2) is 5.96 Å². The SMILES string of the molecule is CSCC[C@H](NC(=O)[C@H](CC(C)C)NC(=O)CNC(=O)[C@H](Cc1ccccc1)NC(=O)[C@H](Cc1ccccc1)NC(=O)[C@H](CCC(N)=O)NC(=O)[C@H](CCC(N)=O)NC(=O)[C@@H]1CCCN1C(=O)[C@H](CCCCN)NC(=O)[C@@H]1CCCN1C(=O)[C@@H](N)CCCNC(=N)N)C(=O)N[C@@H](CCCCN)C(=O)N[C@@H](CCCCN)C(=O)N[C@@H](CCCCN)C(=O)N[C@@H](CCCCN)C(=O)N[C@@H](CCCCN)C(=O)N[C@@H](CCCCN)C(N)=O. The molecule has 0 spiro atoms. The zero-order chi connectivity index (χ0) is 110. The van der Waals surface area contributed by atoms with Gasteiger partial charge in [0, 0.05) is 45.3 Å². The molecule has 40 N–H and O–H groups in total. The van der Waals surface area contributed by atoms with Gasteiger partial charge in [-0.15, -0.1) is 0 Å². The van der Waals surface area contributed by atoms with Gasteiger partial charge in [-0.05, 0) is 274 Å². The number of hydrogen-bond acceptors (Lipinski definition) is 29. The summed E-state index contributed by atoms with van der Waals surface area (Å²) in [6.45, 7) is 5.03. The molecule has 16 atom stereocenters. The third-order valence-corrected chi connectivity index (χ3v) is 26.2. The van der Waals surface area contributed by atoms with Gasteiger partial charge < -0.3 is 158 Å². The number of carbonyl (C=O) groups is 19. The van der Waals surface area contributed by atoms with Gasteiger partial charge in [0.1, 0.15) is 90.6 Å². The Morgan fingerprint density at radius 2 is 0.644 bits per heavy atom. The van der Waals surface area contributed by atoms with Crippen LogP contribution in [0, 0.1) is 11.3 Å². The van der Waals surface area contributed by atoms with Crippen molar-refractivity contribution in [2.24, 2.45) is 74.7 Å². The molecule has 2 fully saturated rings. The van der Waals surface area contributed by atoms with Crippen LogP contribution in [0.1, 0.15) is 237 Å². The van der Waals surface area contributed by atoms with E-state index in [1.54, 1.807) is 80.8 Å². The fourth-order valence-corrected chi connectivity index (χ4v) is 17.7. The van der Waals surface area contributed by atoms with E-state index in [9.17, 15) is 86.3 Å². The summed E-state index contributed by atoms with van der Waals surface area (Å²) in [5, 5.41) is 48.0. The number of nitrogens with zero attached hydrogens (tertiary/aromatic N) is 2. The minimum Gasteiger partial charge on any atom is -0.370 e. The van der Waals surface area contributed by atoms with E-state index in [1.165, 1.54) is 21.6 Å². The summed E-state index contributed by atoms with van der Waals surface area (Å²) in [5.74, 6) is -15.9. The molecule has 2 heterocycles. The average molecular weight is 2120 g/mol. The van der Waals surface area contributed by atoms with Crippen LogP contribution >= 0.6 is 11.8 Å². The lowest BCUT2D eigenvalue weighted by molar-refractivity contribution is -0.144. The van der Waals surface area contributed by atoms with Crippen molar-refractivity contribution >= 4 is 130 Å². The number of guanidine groups is 1. The second-order valence-electron chi connectivity index (χ2n) is 38.2. The predicted octanol–water partition coefficient (Wildman–Crippen LogP) is -5.82. The first kappa shape index (κ1) is 129. The first-order valence-electron chi connectivity index (χ1n) is 52.3. The van der Waals surface area contributed by atoms with Gasteiger partial charge in [-0.2, -0.15) is 11.8 Å². The van der Waals surface area contributed by atoms with Gasteiger partial charge in [-0.25, -0.2) is 0 Å². The van der Waals surface area contributed by atoms with Gasteiger partial charge in [0.05, 0.1) is 12.6 Å².